The Morgan fingerprint density at radius 2 is 0.950 bits per heavy atom. The Balaban J connectivity index is 1.76. The molecule has 0 aliphatic heterocycles. The van der Waals surface area contributed by atoms with Gasteiger partial charge >= 0.3 is 132 Å². The molecule has 2 aromatic carbocycles. The molecule has 20 heavy (non-hydrogen) atoms. The molecular formula is C17H13NSe2. The van der Waals surface area contributed by atoms with Gasteiger partial charge in [0.2, 0.25) is 0 Å². The van der Waals surface area contributed by atoms with Crippen molar-refractivity contribution in [3.05, 3.63) is 78.9 Å². The number of hydrogen-bond acceptors (Lipinski definition) is 1. The summed E-state index contributed by atoms with van der Waals surface area (Å²) in [6.07, 6.45) is 0. The molecule has 0 radical (unpaired) electrons. The van der Waals surface area contributed by atoms with E-state index in [1.165, 1.54) is 18.1 Å². The standard InChI is InChI=1S/C17H13NSe2/c1-3-8-14(9-4-1)19-16-12-7-13-17(18-16)20-15-10-5-2-6-11-15/h1-13H. The van der Waals surface area contributed by atoms with Gasteiger partial charge in [-0.1, -0.05) is 0 Å². The van der Waals surface area contributed by atoms with Gasteiger partial charge in [-0.05, 0) is 0 Å². The summed E-state index contributed by atoms with van der Waals surface area (Å²) < 4.78 is 5.16. The SMILES string of the molecule is c1ccc([Se]c2cccc([Se]c3ccccc3)n2)cc1. The molecule has 98 valence electrons. The number of hydrogen-bond donors (Lipinski definition) is 0. The fraction of sp³-hybridized carbons (Fsp3) is 0. The molecule has 0 unspecified atom stereocenters. The predicted octanol–water partition coefficient (Wildman–Crippen LogP) is 0.392. The molecule has 0 fully saturated rings. The zero-order valence-corrected chi connectivity index (χ0v) is 14.2. The van der Waals surface area contributed by atoms with Crippen LogP contribution in [-0.4, -0.2) is 34.9 Å². The summed E-state index contributed by atoms with van der Waals surface area (Å²) >= 11 is 0.591. The first-order chi connectivity index (χ1) is 9.90. The first kappa shape index (κ1) is 13.6. The van der Waals surface area contributed by atoms with Crippen molar-refractivity contribution in [3.8, 4) is 0 Å². The van der Waals surface area contributed by atoms with Gasteiger partial charge in [0, 0.05) is 0 Å². The molecule has 0 saturated carbocycles. The van der Waals surface area contributed by atoms with E-state index in [1.807, 2.05) is 0 Å². The third-order valence-electron chi connectivity index (χ3n) is 2.63. The van der Waals surface area contributed by atoms with E-state index in [1.54, 1.807) is 0 Å². The molecule has 0 spiro atoms. The van der Waals surface area contributed by atoms with Crippen LogP contribution in [0.1, 0.15) is 0 Å². The van der Waals surface area contributed by atoms with Crippen LogP contribution in [0.25, 0.3) is 0 Å². The van der Waals surface area contributed by atoms with E-state index in [2.05, 4.69) is 78.9 Å². The van der Waals surface area contributed by atoms with Gasteiger partial charge in [-0.3, -0.25) is 0 Å². The van der Waals surface area contributed by atoms with Crippen LogP contribution < -0.4 is 18.1 Å². The number of aromatic nitrogens is 1. The fourth-order valence-electron chi connectivity index (χ4n) is 1.73. The molecule has 0 N–H and O–H groups in total. The Bertz CT molecular complexity index is 612. The fourth-order valence-corrected chi connectivity index (χ4v) is 5.48. The normalized spacial score (nSPS) is 10.4. The van der Waals surface area contributed by atoms with E-state index < -0.39 is 0 Å². The second-order valence-electron chi connectivity index (χ2n) is 4.14. The average Bonchev–Trinajstić information content (AvgIpc) is 2.50. The van der Waals surface area contributed by atoms with Crippen molar-refractivity contribution in [2.75, 3.05) is 0 Å². The van der Waals surface area contributed by atoms with Gasteiger partial charge in [0.1, 0.15) is 0 Å². The van der Waals surface area contributed by atoms with E-state index in [0.29, 0.717) is 29.9 Å². The first-order valence-corrected chi connectivity index (χ1v) is 9.76. The molecule has 1 aromatic heterocycles. The monoisotopic (exact) mass is 391 g/mol. The van der Waals surface area contributed by atoms with E-state index in [4.69, 9.17) is 4.98 Å². The Kier molecular flexibility index (Phi) is 4.68. The van der Waals surface area contributed by atoms with Gasteiger partial charge in [-0.2, -0.15) is 0 Å². The van der Waals surface area contributed by atoms with Crippen molar-refractivity contribution in [1.29, 1.82) is 0 Å². The Morgan fingerprint density at radius 1 is 0.500 bits per heavy atom. The van der Waals surface area contributed by atoms with Gasteiger partial charge in [0.05, 0.1) is 0 Å². The quantitative estimate of drug-likeness (QED) is 0.589. The van der Waals surface area contributed by atoms with Crippen LogP contribution >= 0.6 is 0 Å². The number of nitrogens with zero attached hydrogens (tertiary/aromatic N) is 1. The Morgan fingerprint density at radius 3 is 1.40 bits per heavy atom. The van der Waals surface area contributed by atoms with E-state index in [-0.39, 0.29) is 0 Å². The van der Waals surface area contributed by atoms with Crippen molar-refractivity contribution in [3.63, 3.8) is 0 Å². The van der Waals surface area contributed by atoms with Crippen LogP contribution in [0.2, 0.25) is 0 Å². The molecule has 3 heteroatoms. The maximum absolute atomic E-state index is 4.82. The summed E-state index contributed by atoms with van der Waals surface area (Å²) in [5.74, 6) is 0. The van der Waals surface area contributed by atoms with Crippen molar-refractivity contribution in [2.24, 2.45) is 0 Å². The molecular weight excluding hydrogens is 376 g/mol. The minimum absolute atomic E-state index is 0.296. The van der Waals surface area contributed by atoms with Crippen LogP contribution in [0, 0.1) is 0 Å². The third-order valence-corrected chi connectivity index (χ3v) is 6.59. The maximum atomic E-state index is 4.82. The molecule has 3 rings (SSSR count). The average molecular weight is 389 g/mol. The van der Waals surface area contributed by atoms with Crippen molar-refractivity contribution < 1.29 is 0 Å². The molecule has 3 aromatic rings. The molecule has 0 aliphatic rings. The van der Waals surface area contributed by atoms with Crippen LogP contribution in [-0.2, 0) is 0 Å². The summed E-state index contributed by atoms with van der Waals surface area (Å²) in [7, 11) is 0. The van der Waals surface area contributed by atoms with Gasteiger partial charge in [0.15, 0.2) is 0 Å². The summed E-state index contributed by atoms with van der Waals surface area (Å²) in [4.78, 5) is 4.82. The minimum atomic E-state index is 0.296. The van der Waals surface area contributed by atoms with E-state index in [0.717, 1.165) is 0 Å². The van der Waals surface area contributed by atoms with Crippen molar-refractivity contribution in [2.45, 2.75) is 0 Å². The summed E-state index contributed by atoms with van der Waals surface area (Å²) in [6, 6.07) is 27.6. The third kappa shape index (κ3) is 3.82. The molecule has 0 bridgehead atoms. The Labute approximate surface area is 131 Å². The number of rotatable bonds is 4. The summed E-state index contributed by atoms with van der Waals surface area (Å²) in [6.45, 7) is 0. The molecule has 0 amide bonds. The van der Waals surface area contributed by atoms with E-state index >= 15 is 0 Å². The zero-order chi connectivity index (χ0) is 13.6. The second kappa shape index (κ2) is 6.87. The molecule has 1 nitrogen and oxygen atoms in total. The van der Waals surface area contributed by atoms with Gasteiger partial charge < -0.3 is 0 Å². The molecule has 0 saturated heterocycles. The molecule has 1 heterocycles. The summed E-state index contributed by atoms with van der Waals surface area (Å²) in [5, 5.41) is 0. The second-order valence-corrected chi connectivity index (χ2v) is 8.73. The van der Waals surface area contributed by atoms with Crippen LogP contribution in [0.3, 0.4) is 0 Å². The van der Waals surface area contributed by atoms with Crippen LogP contribution in [0.4, 0.5) is 0 Å². The number of pyridine rings is 1. The van der Waals surface area contributed by atoms with Crippen molar-refractivity contribution >= 4 is 48.0 Å². The predicted molar refractivity (Wildman–Crippen MR) is 87.2 cm³/mol. The van der Waals surface area contributed by atoms with Gasteiger partial charge in [0.25, 0.3) is 0 Å². The van der Waals surface area contributed by atoms with E-state index in [9.17, 15) is 0 Å². The topological polar surface area (TPSA) is 12.9 Å². The molecule has 0 aliphatic carbocycles. The summed E-state index contributed by atoms with van der Waals surface area (Å²) in [5.41, 5.74) is 0. The molecule has 0 atom stereocenters. The van der Waals surface area contributed by atoms with Gasteiger partial charge in [-0.25, -0.2) is 0 Å². The van der Waals surface area contributed by atoms with Gasteiger partial charge in [-0.15, -0.1) is 0 Å². The zero-order valence-electron chi connectivity index (χ0n) is 10.8. The van der Waals surface area contributed by atoms with Crippen LogP contribution in [0.15, 0.2) is 78.9 Å². The Hall–Kier alpha value is -1.37. The van der Waals surface area contributed by atoms with Crippen LogP contribution in [0.5, 0.6) is 0 Å². The van der Waals surface area contributed by atoms with Crippen molar-refractivity contribution in [1.82, 2.24) is 4.98 Å². The first-order valence-electron chi connectivity index (χ1n) is 6.33. The number of benzene rings is 2.